The van der Waals surface area contributed by atoms with Gasteiger partial charge in [-0.3, -0.25) is 19.1 Å². The summed E-state index contributed by atoms with van der Waals surface area (Å²) in [6.07, 6.45) is -1.66. The molecule has 0 bridgehead atoms. The van der Waals surface area contributed by atoms with Crippen LogP contribution >= 0.6 is 0 Å². The summed E-state index contributed by atoms with van der Waals surface area (Å²) < 4.78 is 7.25. The van der Waals surface area contributed by atoms with Gasteiger partial charge in [0.15, 0.2) is 17.4 Å². The van der Waals surface area contributed by atoms with Crippen molar-refractivity contribution in [2.75, 3.05) is 11.9 Å². The predicted molar refractivity (Wildman–Crippen MR) is 102 cm³/mol. The van der Waals surface area contributed by atoms with Crippen molar-refractivity contribution in [1.82, 2.24) is 19.5 Å². The van der Waals surface area contributed by atoms with Crippen LogP contribution in [-0.4, -0.2) is 60.4 Å². The van der Waals surface area contributed by atoms with E-state index in [1.807, 2.05) is 13.8 Å². The molecule has 0 aliphatic carbocycles. The van der Waals surface area contributed by atoms with Crippen molar-refractivity contribution in [2.45, 2.75) is 64.6 Å². The Morgan fingerprint density at radius 3 is 2.82 bits per heavy atom. The number of Topliss-reactive ketones (excluding diaryl/α,β-unsaturated/α-hetero) is 1. The first-order valence-corrected chi connectivity index (χ1v) is 9.55. The molecule has 1 aliphatic heterocycles. The number of hydrogen-bond donors (Lipinski definition) is 4. The fourth-order valence-corrected chi connectivity index (χ4v) is 3.17. The van der Waals surface area contributed by atoms with E-state index < -0.39 is 30.1 Å². The number of carbonyl (C=O) groups is 1. The van der Waals surface area contributed by atoms with Gasteiger partial charge in [-0.05, 0) is 12.3 Å². The molecule has 0 saturated carbocycles. The third-order valence-electron chi connectivity index (χ3n) is 4.82. The lowest BCUT2D eigenvalue weighted by atomic mass is 10.0. The highest BCUT2D eigenvalue weighted by Gasteiger charge is 2.44. The normalized spacial score (nSPS) is 24.9. The number of rotatable bonds is 8. The van der Waals surface area contributed by atoms with Crippen LogP contribution in [0, 0.1) is 5.92 Å². The van der Waals surface area contributed by atoms with Crippen LogP contribution in [0.2, 0.25) is 0 Å². The van der Waals surface area contributed by atoms with Crippen LogP contribution in [0.3, 0.4) is 0 Å². The lowest BCUT2D eigenvalue weighted by Gasteiger charge is -2.17. The number of nitrogens with zero attached hydrogens (tertiary/aromatic N) is 3. The number of hydrogen-bond acceptors (Lipinski definition) is 8. The molecule has 10 heteroatoms. The Bertz CT molecular complexity index is 892. The number of aliphatic hydroxyl groups excluding tert-OH is 2. The highest BCUT2D eigenvalue weighted by molar-refractivity contribution is 5.78. The average molecular weight is 393 g/mol. The molecule has 154 valence electrons. The third kappa shape index (κ3) is 4.08. The van der Waals surface area contributed by atoms with E-state index >= 15 is 0 Å². The van der Waals surface area contributed by atoms with Crippen molar-refractivity contribution in [3.63, 3.8) is 0 Å². The van der Waals surface area contributed by atoms with Crippen LogP contribution in [0.25, 0.3) is 11.2 Å². The first-order valence-electron chi connectivity index (χ1n) is 9.55. The molecule has 2 aromatic rings. The Morgan fingerprint density at radius 1 is 1.39 bits per heavy atom. The molecule has 1 fully saturated rings. The number of anilines is 1. The number of aromatic amines is 1. The van der Waals surface area contributed by atoms with Gasteiger partial charge in [-0.1, -0.05) is 20.8 Å². The summed E-state index contributed by atoms with van der Waals surface area (Å²) in [5.74, 6) is 0.717. The van der Waals surface area contributed by atoms with Crippen LogP contribution in [0.1, 0.15) is 46.3 Å². The molecule has 1 aliphatic rings. The van der Waals surface area contributed by atoms with Crippen molar-refractivity contribution in [3.8, 4) is 0 Å². The van der Waals surface area contributed by atoms with E-state index in [1.54, 1.807) is 6.92 Å². The predicted octanol–water partition coefficient (Wildman–Crippen LogP) is 0.566. The van der Waals surface area contributed by atoms with Gasteiger partial charge >= 0.3 is 0 Å². The molecule has 1 unspecified atom stereocenters. The maximum Gasteiger partial charge on any atom is 0.280 e. The first-order chi connectivity index (χ1) is 13.3. The SMILES string of the molecule is CCC(=O)CC[C@H]1O[C@@H](n2cnc3c(=O)[nH]c(NCC(C)C)nc32)C(O)[C@H]1O. The number of fused-ring (bicyclic) bond motifs is 1. The standard InChI is InChI=1S/C18H27N5O5/c1-4-10(24)5-6-11-13(25)14(26)17(28-11)23-8-20-12-15(23)21-18(22-16(12)27)19-7-9(2)3/h8-9,11,13-14,17,25-26H,4-7H2,1-3H3,(H2,19,21,22,27)/t11-,13+,14?,17-/m1/s1. The van der Waals surface area contributed by atoms with E-state index in [-0.39, 0.29) is 23.4 Å². The number of H-pyrrole nitrogens is 1. The lowest BCUT2D eigenvalue weighted by molar-refractivity contribution is -0.120. The molecule has 3 heterocycles. The number of aliphatic hydroxyl groups is 2. The van der Waals surface area contributed by atoms with Gasteiger partial charge < -0.3 is 20.3 Å². The van der Waals surface area contributed by atoms with Crippen LogP contribution in [0.5, 0.6) is 0 Å². The number of carbonyl (C=O) groups excluding carboxylic acids is 1. The minimum Gasteiger partial charge on any atom is -0.388 e. The van der Waals surface area contributed by atoms with E-state index in [1.165, 1.54) is 10.9 Å². The lowest BCUT2D eigenvalue weighted by Crippen LogP contribution is -2.31. The van der Waals surface area contributed by atoms with Crippen molar-refractivity contribution < 1.29 is 19.7 Å². The number of aromatic nitrogens is 4. The van der Waals surface area contributed by atoms with Crippen molar-refractivity contribution in [1.29, 1.82) is 0 Å². The van der Waals surface area contributed by atoms with Gasteiger partial charge in [-0.2, -0.15) is 4.98 Å². The van der Waals surface area contributed by atoms with Gasteiger partial charge in [0, 0.05) is 19.4 Å². The summed E-state index contributed by atoms with van der Waals surface area (Å²) in [7, 11) is 0. The van der Waals surface area contributed by atoms with Crippen molar-refractivity contribution in [3.05, 3.63) is 16.7 Å². The second-order valence-electron chi connectivity index (χ2n) is 7.49. The fourth-order valence-electron chi connectivity index (χ4n) is 3.17. The Hall–Kier alpha value is -2.30. The number of imidazole rings is 1. The molecule has 0 spiro atoms. The van der Waals surface area contributed by atoms with E-state index in [0.717, 1.165) is 0 Å². The zero-order valence-corrected chi connectivity index (χ0v) is 16.3. The largest absolute Gasteiger partial charge is 0.388 e. The van der Waals surface area contributed by atoms with E-state index in [0.29, 0.717) is 31.3 Å². The molecule has 4 atom stereocenters. The van der Waals surface area contributed by atoms with Gasteiger partial charge in [0.1, 0.15) is 18.0 Å². The summed E-state index contributed by atoms with van der Waals surface area (Å²) >= 11 is 0. The van der Waals surface area contributed by atoms with Gasteiger partial charge in [-0.15, -0.1) is 0 Å². The zero-order chi connectivity index (χ0) is 20.4. The summed E-state index contributed by atoms with van der Waals surface area (Å²) in [5.41, 5.74) is -0.0466. The molecule has 2 aromatic heterocycles. The molecule has 28 heavy (non-hydrogen) atoms. The van der Waals surface area contributed by atoms with Gasteiger partial charge in [0.25, 0.3) is 5.56 Å². The maximum absolute atomic E-state index is 12.3. The Balaban J connectivity index is 1.86. The minimum atomic E-state index is -1.23. The Kier molecular flexibility index (Phi) is 6.11. The third-order valence-corrected chi connectivity index (χ3v) is 4.82. The zero-order valence-electron chi connectivity index (χ0n) is 16.3. The number of ether oxygens (including phenoxy) is 1. The van der Waals surface area contributed by atoms with Gasteiger partial charge in [-0.25, -0.2) is 4.98 Å². The smallest absolute Gasteiger partial charge is 0.280 e. The van der Waals surface area contributed by atoms with E-state index in [9.17, 15) is 19.8 Å². The second-order valence-corrected chi connectivity index (χ2v) is 7.49. The van der Waals surface area contributed by atoms with Crippen LogP contribution in [0.15, 0.2) is 11.1 Å². The molecule has 0 amide bonds. The molecule has 0 radical (unpaired) electrons. The molecular weight excluding hydrogens is 366 g/mol. The Morgan fingerprint density at radius 2 is 2.14 bits per heavy atom. The van der Waals surface area contributed by atoms with E-state index in [2.05, 4.69) is 20.3 Å². The molecular formula is C18H27N5O5. The monoisotopic (exact) mass is 393 g/mol. The highest BCUT2D eigenvalue weighted by atomic mass is 16.6. The summed E-state index contributed by atoms with van der Waals surface area (Å²) in [6.45, 7) is 6.46. The van der Waals surface area contributed by atoms with E-state index in [4.69, 9.17) is 4.74 Å². The molecule has 0 aromatic carbocycles. The van der Waals surface area contributed by atoms with Crippen LogP contribution in [-0.2, 0) is 9.53 Å². The average Bonchev–Trinajstić information content (AvgIpc) is 3.20. The summed E-state index contributed by atoms with van der Waals surface area (Å²) in [5, 5.41) is 23.8. The number of nitrogens with one attached hydrogen (secondary N) is 2. The van der Waals surface area contributed by atoms with Crippen molar-refractivity contribution in [2.24, 2.45) is 5.92 Å². The van der Waals surface area contributed by atoms with Crippen LogP contribution in [0.4, 0.5) is 5.95 Å². The molecule has 4 N–H and O–H groups in total. The highest BCUT2D eigenvalue weighted by Crippen LogP contribution is 2.33. The van der Waals surface area contributed by atoms with Crippen molar-refractivity contribution >= 4 is 22.9 Å². The summed E-state index contributed by atoms with van der Waals surface area (Å²) in [4.78, 5) is 34.9. The maximum atomic E-state index is 12.3. The van der Waals surface area contributed by atoms with Gasteiger partial charge in [0.2, 0.25) is 5.95 Å². The fraction of sp³-hybridized carbons (Fsp3) is 0.667. The summed E-state index contributed by atoms with van der Waals surface area (Å²) in [6, 6.07) is 0. The van der Waals surface area contributed by atoms with Crippen LogP contribution < -0.4 is 10.9 Å². The molecule has 3 rings (SSSR count). The van der Waals surface area contributed by atoms with Gasteiger partial charge in [0.05, 0.1) is 12.4 Å². The molecule has 1 saturated heterocycles. The number of ketones is 1. The first kappa shape index (κ1) is 20.4. The minimum absolute atomic E-state index is 0.0656. The Labute approximate surface area is 162 Å². The second kappa shape index (κ2) is 8.38. The molecule has 10 nitrogen and oxygen atoms in total. The quantitative estimate of drug-likeness (QED) is 0.510. The topological polar surface area (TPSA) is 142 Å².